The predicted molar refractivity (Wildman–Crippen MR) is 63.4 cm³/mol. The van der Waals surface area contributed by atoms with Crippen LogP contribution in [-0.2, 0) is 9.59 Å². The van der Waals surface area contributed by atoms with E-state index in [4.69, 9.17) is 5.11 Å². The van der Waals surface area contributed by atoms with Crippen molar-refractivity contribution < 1.29 is 14.7 Å². The molecule has 2 unspecified atom stereocenters. The lowest BCUT2D eigenvalue weighted by molar-refractivity contribution is -0.141. The first-order chi connectivity index (χ1) is 7.52. The van der Waals surface area contributed by atoms with Gasteiger partial charge in [0.25, 0.3) is 0 Å². The van der Waals surface area contributed by atoms with Crippen molar-refractivity contribution in [2.75, 3.05) is 0 Å². The number of carboxylic acids is 1. The van der Waals surface area contributed by atoms with Gasteiger partial charge in [-0.3, -0.25) is 4.79 Å². The molecule has 0 bridgehead atoms. The maximum absolute atomic E-state index is 11.4. The third-order valence-corrected chi connectivity index (χ3v) is 2.28. The highest BCUT2D eigenvalue weighted by molar-refractivity contribution is 7.81. The Morgan fingerprint density at radius 3 is 2.31 bits per heavy atom. The topological polar surface area (TPSA) is 66.4 Å². The fraction of sp³-hybridized carbons (Fsp3) is 0.273. The van der Waals surface area contributed by atoms with Gasteiger partial charge in [0.05, 0.1) is 5.25 Å². The van der Waals surface area contributed by atoms with Gasteiger partial charge >= 0.3 is 5.97 Å². The van der Waals surface area contributed by atoms with E-state index in [1.165, 1.54) is 0 Å². The average molecular weight is 239 g/mol. The molecule has 2 atom stereocenters. The summed E-state index contributed by atoms with van der Waals surface area (Å²) in [6.07, 6.45) is 0. The second kappa shape index (κ2) is 5.55. The van der Waals surface area contributed by atoms with Gasteiger partial charge in [-0.05, 0) is 12.5 Å². The molecule has 1 rings (SSSR count). The van der Waals surface area contributed by atoms with E-state index in [9.17, 15) is 9.59 Å². The van der Waals surface area contributed by atoms with E-state index in [0.29, 0.717) is 5.56 Å². The number of carboxylic acid groups (broad SMARTS) is 1. The number of benzene rings is 1. The number of nitrogens with one attached hydrogen (secondary N) is 1. The van der Waals surface area contributed by atoms with Crippen molar-refractivity contribution >= 4 is 24.5 Å². The molecule has 0 aromatic heterocycles. The number of hydrogen-bond donors (Lipinski definition) is 3. The molecule has 0 aliphatic heterocycles. The minimum absolute atomic E-state index is 0.403. The molecular weight excluding hydrogens is 226 g/mol. The number of carbonyl (C=O) groups is 2. The third kappa shape index (κ3) is 3.27. The quantitative estimate of drug-likeness (QED) is 0.693. The van der Waals surface area contributed by atoms with Crippen LogP contribution in [0.1, 0.15) is 18.5 Å². The van der Waals surface area contributed by atoms with E-state index in [0.717, 1.165) is 0 Å². The van der Waals surface area contributed by atoms with Crippen molar-refractivity contribution in [2.24, 2.45) is 0 Å². The summed E-state index contributed by atoms with van der Waals surface area (Å²) in [4.78, 5) is 22.4. The lowest BCUT2D eigenvalue weighted by Gasteiger charge is -2.15. The number of rotatable bonds is 4. The molecular formula is C11H13NO3S. The zero-order chi connectivity index (χ0) is 12.1. The molecule has 5 heteroatoms. The Morgan fingerprint density at radius 1 is 1.31 bits per heavy atom. The van der Waals surface area contributed by atoms with E-state index >= 15 is 0 Å². The summed E-state index contributed by atoms with van der Waals surface area (Å²) >= 11 is 3.94. The van der Waals surface area contributed by atoms with E-state index in [2.05, 4.69) is 17.9 Å². The van der Waals surface area contributed by atoms with Gasteiger partial charge in [0, 0.05) is 0 Å². The van der Waals surface area contributed by atoms with E-state index in [-0.39, 0.29) is 0 Å². The molecule has 4 nitrogen and oxygen atoms in total. The Labute approximate surface area is 99.1 Å². The molecule has 86 valence electrons. The molecule has 1 amide bonds. The molecule has 16 heavy (non-hydrogen) atoms. The first-order valence-electron chi connectivity index (χ1n) is 4.78. The lowest BCUT2D eigenvalue weighted by Crippen LogP contribution is -2.37. The SMILES string of the molecule is CC(S)C(=O)NC(C(=O)O)c1ccccc1. The van der Waals surface area contributed by atoms with Crippen LogP contribution in [0.15, 0.2) is 30.3 Å². The molecule has 0 spiro atoms. The van der Waals surface area contributed by atoms with Gasteiger partial charge in [0.15, 0.2) is 6.04 Å². The Balaban J connectivity index is 2.85. The summed E-state index contributed by atoms with van der Waals surface area (Å²) in [5, 5.41) is 10.9. The molecule has 2 N–H and O–H groups in total. The molecule has 0 radical (unpaired) electrons. The van der Waals surface area contributed by atoms with Crippen molar-refractivity contribution in [3.63, 3.8) is 0 Å². The average Bonchev–Trinajstić information content (AvgIpc) is 2.26. The lowest BCUT2D eigenvalue weighted by atomic mass is 10.1. The highest BCUT2D eigenvalue weighted by atomic mass is 32.1. The minimum atomic E-state index is -1.09. The van der Waals surface area contributed by atoms with E-state index in [1.807, 2.05) is 0 Å². The Bertz CT molecular complexity index is 378. The van der Waals surface area contributed by atoms with Gasteiger partial charge in [-0.2, -0.15) is 12.6 Å². The molecule has 0 aliphatic rings. The largest absolute Gasteiger partial charge is 0.479 e. The highest BCUT2D eigenvalue weighted by Gasteiger charge is 2.22. The van der Waals surface area contributed by atoms with Crippen molar-refractivity contribution in [3.05, 3.63) is 35.9 Å². The van der Waals surface area contributed by atoms with Crippen LogP contribution < -0.4 is 5.32 Å². The normalized spacial score (nSPS) is 13.9. The summed E-state index contributed by atoms with van der Waals surface area (Å²) < 4.78 is 0. The van der Waals surface area contributed by atoms with Crippen LogP contribution in [0.3, 0.4) is 0 Å². The molecule has 0 saturated heterocycles. The number of thiol groups is 1. The van der Waals surface area contributed by atoms with Crippen LogP contribution in [0.4, 0.5) is 0 Å². The van der Waals surface area contributed by atoms with Crippen molar-refractivity contribution in [1.29, 1.82) is 0 Å². The van der Waals surface area contributed by atoms with Crippen LogP contribution in [0.2, 0.25) is 0 Å². The summed E-state index contributed by atoms with van der Waals surface area (Å²) in [5.41, 5.74) is 0.539. The highest BCUT2D eigenvalue weighted by Crippen LogP contribution is 2.13. The number of aliphatic carboxylic acids is 1. The number of amides is 1. The van der Waals surface area contributed by atoms with Gasteiger partial charge in [-0.1, -0.05) is 30.3 Å². The second-order valence-electron chi connectivity index (χ2n) is 3.37. The van der Waals surface area contributed by atoms with Crippen molar-refractivity contribution in [2.45, 2.75) is 18.2 Å². The molecule has 1 aromatic rings. The van der Waals surface area contributed by atoms with Crippen LogP contribution in [0.25, 0.3) is 0 Å². The van der Waals surface area contributed by atoms with E-state index in [1.54, 1.807) is 37.3 Å². The minimum Gasteiger partial charge on any atom is -0.479 e. The molecule has 1 aromatic carbocycles. The van der Waals surface area contributed by atoms with Gasteiger partial charge < -0.3 is 10.4 Å². The number of hydrogen-bond acceptors (Lipinski definition) is 3. The smallest absolute Gasteiger partial charge is 0.330 e. The zero-order valence-electron chi connectivity index (χ0n) is 8.75. The Hall–Kier alpha value is -1.49. The summed E-state index contributed by atoms with van der Waals surface area (Å²) in [7, 11) is 0. The van der Waals surface area contributed by atoms with Gasteiger partial charge in [-0.15, -0.1) is 0 Å². The standard InChI is InChI=1S/C11H13NO3S/c1-7(16)10(13)12-9(11(14)15)8-5-3-2-4-6-8/h2-7,9,16H,1H3,(H,12,13)(H,14,15). The first kappa shape index (κ1) is 12.6. The molecule has 0 heterocycles. The van der Waals surface area contributed by atoms with Gasteiger partial charge in [-0.25, -0.2) is 4.79 Å². The summed E-state index contributed by atoms with van der Waals surface area (Å²) in [6.45, 7) is 1.59. The van der Waals surface area contributed by atoms with Crippen LogP contribution in [-0.4, -0.2) is 22.2 Å². The summed E-state index contributed by atoms with van der Waals surface area (Å²) in [5.74, 6) is -1.49. The number of carbonyl (C=O) groups excluding carboxylic acids is 1. The van der Waals surface area contributed by atoms with Crippen LogP contribution >= 0.6 is 12.6 Å². The van der Waals surface area contributed by atoms with Crippen molar-refractivity contribution in [3.8, 4) is 0 Å². The first-order valence-corrected chi connectivity index (χ1v) is 5.30. The van der Waals surface area contributed by atoms with Crippen LogP contribution in [0.5, 0.6) is 0 Å². The van der Waals surface area contributed by atoms with Gasteiger partial charge in [0.2, 0.25) is 5.91 Å². The molecule has 0 fully saturated rings. The predicted octanol–water partition coefficient (Wildman–Crippen LogP) is 1.25. The van der Waals surface area contributed by atoms with Crippen LogP contribution in [0, 0.1) is 0 Å². The molecule has 0 saturated carbocycles. The van der Waals surface area contributed by atoms with Gasteiger partial charge in [0.1, 0.15) is 0 Å². The Kier molecular flexibility index (Phi) is 4.37. The fourth-order valence-corrected chi connectivity index (χ4v) is 1.27. The zero-order valence-corrected chi connectivity index (χ0v) is 9.65. The monoisotopic (exact) mass is 239 g/mol. The van der Waals surface area contributed by atoms with E-state index < -0.39 is 23.2 Å². The Morgan fingerprint density at radius 2 is 1.88 bits per heavy atom. The molecule has 0 aliphatic carbocycles. The van der Waals surface area contributed by atoms with Crippen molar-refractivity contribution in [1.82, 2.24) is 5.32 Å². The second-order valence-corrected chi connectivity index (χ2v) is 4.14. The maximum Gasteiger partial charge on any atom is 0.330 e. The fourth-order valence-electron chi connectivity index (χ4n) is 1.20. The maximum atomic E-state index is 11.4. The summed E-state index contributed by atoms with van der Waals surface area (Å²) in [6, 6.07) is 7.52. The third-order valence-electron chi connectivity index (χ3n) is 2.05.